The number of nitrogens with one attached hydrogen (secondary N) is 2. The number of rotatable bonds is 7. The predicted molar refractivity (Wildman–Crippen MR) is 111 cm³/mol. The minimum absolute atomic E-state index is 0. The number of ether oxygens (including phenoxy) is 1. The number of carbonyl (C=O) groups is 3. The van der Waals surface area contributed by atoms with E-state index in [2.05, 4.69) is 10.6 Å². The summed E-state index contributed by atoms with van der Waals surface area (Å²) in [6, 6.07) is 6.54. The highest BCUT2D eigenvalue weighted by Crippen LogP contribution is 2.30. The molecule has 4 amide bonds. The van der Waals surface area contributed by atoms with Gasteiger partial charge in [-0.25, -0.2) is 4.79 Å². The maximum absolute atomic E-state index is 13.1. The van der Waals surface area contributed by atoms with Crippen LogP contribution in [0.5, 0.6) is 5.75 Å². The summed E-state index contributed by atoms with van der Waals surface area (Å²) >= 11 is 0. The van der Waals surface area contributed by atoms with Gasteiger partial charge in [0.15, 0.2) is 0 Å². The molecule has 2 aliphatic rings. The van der Waals surface area contributed by atoms with E-state index in [1.807, 2.05) is 6.92 Å². The normalized spacial score (nSPS) is 23.6. The molecule has 2 heterocycles. The molecule has 0 bridgehead atoms. The standard InChI is InChI=1S/C20H28N4O4.ClH/c1-4-11-23(15-9-10-21-12-15)17(25)13-24-18(26)20(2,22-19(24)27)14-5-7-16(28-3)8-6-14;/h5-8,15,21H,4,9-13H2,1-3H3,(H,22,27);1H. The molecule has 0 spiro atoms. The molecule has 2 atom stereocenters. The summed E-state index contributed by atoms with van der Waals surface area (Å²) in [4.78, 5) is 41.3. The van der Waals surface area contributed by atoms with Crippen LogP contribution in [0.25, 0.3) is 0 Å². The summed E-state index contributed by atoms with van der Waals surface area (Å²) in [6.45, 7) is 5.66. The first-order chi connectivity index (χ1) is 13.4. The maximum atomic E-state index is 13.1. The third-order valence-electron chi connectivity index (χ3n) is 5.50. The van der Waals surface area contributed by atoms with Gasteiger partial charge in [-0.05, 0) is 44.0 Å². The van der Waals surface area contributed by atoms with Gasteiger partial charge in [0.05, 0.1) is 7.11 Å². The van der Waals surface area contributed by atoms with Gasteiger partial charge in [-0.1, -0.05) is 19.1 Å². The van der Waals surface area contributed by atoms with Crippen molar-refractivity contribution in [1.82, 2.24) is 20.4 Å². The summed E-state index contributed by atoms with van der Waals surface area (Å²) < 4.78 is 5.15. The SMILES string of the molecule is CCCN(C(=O)CN1C(=O)NC(C)(c2ccc(OC)cc2)C1=O)C1CCNC1.Cl. The van der Waals surface area contributed by atoms with Crippen molar-refractivity contribution in [2.24, 2.45) is 0 Å². The van der Waals surface area contributed by atoms with Crippen molar-refractivity contribution >= 4 is 30.3 Å². The molecule has 8 nitrogen and oxygen atoms in total. The summed E-state index contributed by atoms with van der Waals surface area (Å²) in [5.74, 6) is 0.0478. The second kappa shape index (κ2) is 9.45. The van der Waals surface area contributed by atoms with Gasteiger partial charge >= 0.3 is 6.03 Å². The molecule has 0 aromatic heterocycles. The van der Waals surface area contributed by atoms with Crippen molar-refractivity contribution in [2.45, 2.75) is 38.3 Å². The Morgan fingerprint density at radius 2 is 2.00 bits per heavy atom. The smallest absolute Gasteiger partial charge is 0.325 e. The molecule has 1 aromatic rings. The second-order valence-electron chi connectivity index (χ2n) is 7.41. The van der Waals surface area contributed by atoms with Gasteiger partial charge < -0.3 is 20.3 Å². The third-order valence-corrected chi connectivity index (χ3v) is 5.50. The Hall–Kier alpha value is -2.32. The van der Waals surface area contributed by atoms with Crippen molar-refractivity contribution < 1.29 is 19.1 Å². The van der Waals surface area contributed by atoms with E-state index >= 15 is 0 Å². The number of methoxy groups -OCH3 is 1. The second-order valence-corrected chi connectivity index (χ2v) is 7.41. The van der Waals surface area contributed by atoms with Crippen molar-refractivity contribution in [3.05, 3.63) is 29.8 Å². The number of imide groups is 1. The van der Waals surface area contributed by atoms with E-state index in [9.17, 15) is 14.4 Å². The zero-order chi connectivity index (χ0) is 20.3. The molecule has 2 N–H and O–H groups in total. The van der Waals surface area contributed by atoms with Gasteiger partial charge in [-0.3, -0.25) is 14.5 Å². The Labute approximate surface area is 177 Å². The van der Waals surface area contributed by atoms with Crippen LogP contribution in [0, 0.1) is 0 Å². The Morgan fingerprint density at radius 3 is 2.55 bits per heavy atom. The first-order valence-electron chi connectivity index (χ1n) is 9.69. The van der Waals surface area contributed by atoms with E-state index in [-0.39, 0.29) is 30.9 Å². The van der Waals surface area contributed by atoms with Crippen molar-refractivity contribution in [1.29, 1.82) is 0 Å². The lowest BCUT2D eigenvalue weighted by Gasteiger charge is -2.29. The Morgan fingerprint density at radius 1 is 1.31 bits per heavy atom. The van der Waals surface area contributed by atoms with Crippen LogP contribution in [-0.2, 0) is 15.1 Å². The Bertz CT molecular complexity index is 751. The zero-order valence-electron chi connectivity index (χ0n) is 17.1. The summed E-state index contributed by atoms with van der Waals surface area (Å²) in [5, 5.41) is 6.00. The van der Waals surface area contributed by atoms with Crippen LogP contribution in [0.4, 0.5) is 4.79 Å². The van der Waals surface area contributed by atoms with Crippen LogP contribution in [0.3, 0.4) is 0 Å². The van der Waals surface area contributed by atoms with E-state index in [0.717, 1.165) is 30.8 Å². The van der Waals surface area contributed by atoms with Crippen molar-refractivity contribution in [3.63, 3.8) is 0 Å². The highest BCUT2D eigenvalue weighted by molar-refractivity contribution is 6.09. The molecule has 2 aliphatic heterocycles. The Kier molecular flexibility index (Phi) is 7.48. The molecule has 2 saturated heterocycles. The molecule has 2 fully saturated rings. The van der Waals surface area contributed by atoms with Crippen LogP contribution in [-0.4, -0.2) is 67.0 Å². The van der Waals surface area contributed by atoms with Gasteiger partial charge in [0.1, 0.15) is 17.8 Å². The fourth-order valence-corrected chi connectivity index (χ4v) is 3.84. The molecule has 0 radical (unpaired) electrons. The average Bonchev–Trinajstić information content (AvgIpc) is 3.30. The maximum Gasteiger partial charge on any atom is 0.325 e. The fraction of sp³-hybridized carbons (Fsp3) is 0.550. The number of urea groups is 1. The number of hydrogen-bond donors (Lipinski definition) is 2. The molecular weight excluding hydrogens is 396 g/mol. The molecule has 0 aliphatic carbocycles. The van der Waals surface area contributed by atoms with Crippen LogP contribution in [0.1, 0.15) is 32.3 Å². The van der Waals surface area contributed by atoms with Gasteiger partial charge in [0, 0.05) is 19.1 Å². The number of benzene rings is 1. The topological polar surface area (TPSA) is 91.0 Å². The first kappa shape index (κ1) is 23.0. The number of halogens is 1. The molecular formula is C20H29ClN4O4. The lowest BCUT2D eigenvalue weighted by atomic mass is 9.92. The number of nitrogens with zero attached hydrogens (tertiary/aromatic N) is 2. The van der Waals surface area contributed by atoms with Crippen LogP contribution in [0.2, 0.25) is 0 Å². The van der Waals surface area contributed by atoms with Gasteiger partial charge in [-0.15, -0.1) is 12.4 Å². The molecule has 1 aromatic carbocycles. The minimum Gasteiger partial charge on any atom is -0.497 e. The number of carbonyl (C=O) groups excluding carboxylic acids is 3. The highest BCUT2D eigenvalue weighted by Gasteiger charge is 2.49. The Balaban J connectivity index is 0.00000300. The minimum atomic E-state index is -1.20. The third kappa shape index (κ3) is 4.48. The number of hydrogen-bond acceptors (Lipinski definition) is 5. The molecule has 29 heavy (non-hydrogen) atoms. The van der Waals surface area contributed by atoms with Crippen molar-refractivity contribution in [2.75, 3.05) is 33.3 Å². The largest absolute Gasteiger partial charge is 0.497 e. The average molecular weight is 425 g/mol. The lowest BCUT2D eigenvalue weighted by Crippen LogP contribution is -2.48. The molecule has 160 valence electrons. The van der Waals surface area contributed by atoms with Crippen molar-refractivity contribution in [3.8, 4) is 5.75 Å². The molecule has 2 unspecified atom stereocenters. The van der Waals surface area contributed by atoms with E-state index in [4.69, 9.17) is 4.74 Å². The fourth-order valence-electron chi connectivity index (χ4n) is 3.84. The number of amides is 4. The van der Waals surface area contributed by atoms with E-state index in [1.54, 1.807) is 43.2 Å². The summed E-state index contributed by atoms with van der Waals surface area (Å²) in [5.41, 5.74) is -0.555. The highest BCUT2D eigenvalue weighted by atomic mass is 35.5. The molecule has 0 saturated carbocycles. The van der Waals surface area contributed by atoms with Crippen LogP contribution >= 0.6 is 12.4 Å². The monoisotopic (exact) mass is 424 g/mol. The van der Waals surface area contributed by atoms with Gasteiger partial charge in [0.2, 0.25) is 5.91 Å². The summed E-state index contributed by atoms with van der Waals surface area (Å²) in [7, 11) is 1.56. The first-order valence-corrected chi connectivity index (χ1v) is 9.69. The van der Waals surface area contributed by atoms with E-state index in [1.165, 1.54) is 0 Å². The zero-order valence-corrected chi connectivity index (χ0v) is 17.9. The molecule has 3 rings (SSSR count). The summed E-state index contributed by atoms with van der Waals surface area (Å²) in [6.07, 6.45) is 1.71. The quantitative estimate of drug-likeness (QED) is 0.647. The van der Waals surface area contributed by atoms with E-state index < -0.39 is 17.5 Å². The van der Waals surface area contributed by atoms with Crippen LogP contribution < -0.4 is 15.4 Å². The lowest BCUT2D eigenvalue weighted by molar-refractivity contribution is -0.140. The van der Waals surface area contributed by atoms with Gasteiger partial charge in [0.25, 0.3) is 5.91 Å². The van der Waals surface area contributed by atoms with Gasteiger partial charge in [-0.2, -0.15) is 0 Å². The van der Waals surface area contributed by atoms with Crippen LogP contribution in [0.15, 0.2) is 24.3 Å². The predicted octanol–water partition coefficient (Wildman–Crippen LogP) is 1.48. The van der Waals surface area contributed by atoms with E-state index in [0.29, 0.717) is 17.9 Å². The molecule has 9 heteroatoms.